The van der Waals surface area contributed by atoms with E-state index in [9.17, 15) is 9.59 Å². The van der Waals surface area contributed by atoms with E-state index in [4.69, 9.17) is 10.00 Å². The van der Waals surface area contributed by atoms with Gasteiger partial charge < -0.3 is 14.5 Å². The zero-order valence-corrected chi connectivity index (χ0v) is 16.0. The molecule has 3 saturated heterocycles. The first-order chi connectivity index (χ1) is 13.1. The third-order valence-corrected chi connectivity index (χ3v) is 7.14. The number of nitrogens with zero attached hydrogens (tertiary/aromatic N) is 3. The van der Waals surface area contributed by atoms with Crippen molar-refractivity contribution in [3.8, 4) is 6.07 Å². The first-order valence-electron chi connectivity index (χ1n) is 9.41. The van der Waals surface area contributed by atoms with Crippen LogP contribution in [0.2, 0.25) is 0 Å². The molecule has 0 radical (unpaired) electrons. The highest BCUT2D eigenvalue weighted by molar-refractivity contribution is 8.01. The molecule has 7 heteroatoms. The Morgan fingerprint density at radius 3 is 2.78 bits per heavy atom. The van der Waals surface area contributed by atoms with Crippen molar-refractivity contribution >= 4 is 23.6 Å². The summed E-state index contributed by atoms with van der Waals surface area (Å²) in [7, 11) is 0. The standard InChI is InChI=1S/C20H23N3O3S/c21-10-15-4-3-5-16(8-15)19(25)23-13-20(14-23)9-17(12-27-20)26-11-18(24)22-6-1-2-7-22/h3-5,8,17H,1-2,6-7,9,11-14H2/t17-/m0/s1. The van der Waals surface area contributed by atoms with E-state index in [1.54, 1.807) is 24.3 Å². The van der Waals surface area contributed by atoms with E-state index in [2.05, 4.69) is 6.07 Å². The predicted octanol–water partition coefficient (Wildman–Crippen LogP) is 1.90. The number of likely N-dealkylation sites (tertiary alicyclic amines) is 2. The summed E-state index contributed by atoms with van der Waals surface area (Å²) in [4.78, 5) is 28.4. The van der Waals surface area contributed by atoms with Crippen LogP contribution in [-0.4, -0.2) is 71.0 Å². The molecular weight excluding hydrogens is 362 g/mol. The molecule has 4 rings (SSSR count). The summed E-state index contributed by atoms with van der Waals surface area (Å²) in [6.07, 6.45) is 3.15. The SMILES string of the molecule is N#Cc1cccc(C(=O)N2CC3(C[C@H](OCC(=O)N4CCCC4)CS3)C2)c1. The summed E-state index contributed by atoms with van der Waals surface area (Å²) < 4.78 is 5.93. The van der Waals surface area contributed by atoms with Crippen LogP contribution in [0.15, 0.2) is 24.3 Å². The number of carbonyl (C=O) groups is 2. The smallest absolute Gasteiger partial charge is 0.253 e. The van der Waals surface area contributed by atoms with E-state index in [0.29, 0.717) is 24.2 Å². The highest BCUT2D eigenvalue weighted by Crippen LogP contribution is 2.46. The van der Waals surface area contributed by atoms with E-state index in [1.165, 1.54) is 0 Å². The van der Waals surface area contributed by atoms with Crippen LogP contribution in [0.5, 0.6) is 0 Å². The van der Waals surface area contributed by atoms with Gasteiger partial charge in [0.1, 0.15) is 6.61 Å². The van der Waals surface area contributed by atoms with Crippen molar-refractivity contribution in [3.63, 3.8) is 0 Å². The lowest BCUT2D eigenvalue weighted by Crippen LogP contribution is -2.60. The summed E-state index contributed by atoms with van der Waals surface area (Å²) >= 11 is 1.85. The molecule has 1 spiro atoms. The van der Waals surface area contributed by atoms with E-state index in [-0.39, 0.29) is 29.3 Å². The van der Waals surface area contributed by atoms with Crippen molar-refractivity contribution < 1.29 is 14.3 Å². The molecule has 3 aliphatic heterocycles. The fourth-order valence-corrected chi connectivity index (χ4v) is 5.63. The molecule has 0 N–H and O–H groups in total. The maximum atomic E-state index is 12.6. The molecule has 0 bridgehead atoms. The van der Waals surface area contributed by atoms with Crippen LogP contribution in [0.4, 0.5) is 0 Å². The zero-order chi connectivity index (χ0) is 18.9. The van der Waals surface area contributed by atoms with Gasteiger partial charge >= 0.3 is 0 Å². The highest BCUT2D eigenvalue weighted by Gasteiger charge is 2.51. The van der Waals surface area contributed by atoms with Crippen molar-refractivity contribution in [2.45, 2.75) is 30.1 Å². The third-order valence-electron chi connectivity index (χ3n) is 5.56. The molecule has 3 heterocycles. The van der Waals surface area contributed by atoms with Gasteiger partial charge in [-0.25, -0.2) is 0 Å². The lowest BCUT2D eigenvalue weighted by Gasteiger charge is -2.47. The third kappa shape index (κ3) is 3.83. The van der Waals surface area contributed by atoms with Crippen molar-refractivity contribution in [2.24, 2.45) is 0 Å². The maximum absolute atomic E-state index is 12.6. The molecule has 1 atom stereocenters. The van der Waals surface area contributed by atoms with E-state index in [1.807, 2.05) is 21.6 Å². The lowest BCUT2D eigenvalue weighted by atomic mass is 9.92. The van der Waals surface area contributed by atoms with Gasteiger partial charge in [-0.3, -0.25) is 9.59 Å². The molecular formula is C20H23N3O3S. The highest BCUT2D eigenvalue weighted by atomic mass is 32.2. The topological polar surface area (TPSA) is 73.6 Å². The van der Waals surface area contributed by atoms with Gasteiger partial charge in [0.15, 0.2) is 0 Å². The van der Waals surface area contributed by atoms with Crippen molar-refractivity contribution in [1.29, 1.82) is 5.26 Å². The van der Waals surface area contributed by atoms with Gasteiger partial charge in [0, 0.05) is 37.5 Å². The van der Waals surface area contributed by atoms with Crippen molar-refractivity contribution in [2.75, 3.05) is 38.5 Å². The van der Waals surface area contributed by atoms with E-state index in [0.717, 1.165) is 38.1 Å². The van der Waals surface area contributed by atoms with Gasteiger partial charge in [-0.05, 0) is 37.5 Å². The van der Waals surface area contributed by atoms with Gasteiger partial charge in [0.05, 0.1) is 22.5 Å². The minimum Gasteiger partial charge on any atom is -0.367 e. The number of nitriles is 1. The largest absolute Gasteiger partial charge is 0.367 e. The van der Waals surface area contributed by atoms with Crippen LogP contribution in [0.25, 0.3) is 0 Å². The number of hydrogen-bond donors (Lipinski definition) is 0. The van der Waals surface area contributed by atoms with Gasteiger partial charge in [-0.1, -0.05) is 6.07 Å². The summed E-state index contributed by atoms with van der Waals surface area (Å²) in [6.45, 7) is 3.29. The molecule has 6 nitrogen and oxygen atoms in total. The van der Waals surface area contributed by atoms with Crippen molar-refractivity contribution in [1.82, 2.24) is 9.80 Å². The molecule has 3 fully saturated rings. The monoisotopic (exact) mass is 385 g/mol. The number of amides is 2. The van der Waals surface area contributed by atoms with Gasteiger partial charge in [-0.15, -0.1) is 11.8 Å². The normalized spacial score (nSPS) is 23.3. The summed E-state index contributed by atoms with van der Waals surface area (Å²) in [6, 6.07) is 8.92. The Kier molecular flexibility index (Phi) is 5.11. The number of hydrogen-bond acceptors (Lipinski definition) is 5. The van der Waals surface area contributed by atoms with Crippen LogP contribution >= 0.6 is 11.8 Å². The lowest BCUT2D eigenvalue weighted by molar-refractivity contribution is -0.136. The molecule has 2 amide bonds. The molecule has 142 valence electrons. The number of benzene rings is 1. The van der Waals surface area contributed by atoms with Crippen molar-refractivity contribution in [3.05, 3.63) is 35.4 Å². The molecule has 1 aromatic rings. The van der Waals surface area contributed by atoms with Crippen LogP contribution in [0.1, 0.15) is 35.2 Å². The summed E-state index contributed by atoms with van der Waals surface area (Å²) in [5.74, 6) is 0.951. The first-order valence-corrected chi connectivity index (χ1v) is 10.4. The second-order valence-electron chi connectivity index (χ2n) is 7.57. The zero-order valence-electron chi connectivity index (χ0n) is 15.2. The van der Waals surface area contributed by atoms with Crippen LogP contribution in [0, 0.1) is 11.3 Å². The minimum atomic E-state index is -0.0214. The number of ether oxygens (including phenoxy) is 1. The van der Waals surface area contributed by atoms with E-state index < -0.39 is 0 Å². The average Bonchev–Trinajstić information content (AvgIpc) is 3.34. The Bertz CT molecular complexity index is 779. The van der Waals surface area contributed by atoms with Gasteiger partial charge in [0.2, 0.25) is 5.91 Å². The second kappa shape index (κ2) is 7.53. The molecule has 0 aromatic heterocycles. The van der Waals surface area contributed by atoms with Crippen LogP contribution in [0.3, 0.4) is 0 Å². The Morgan fingerprint density at radius 2 is 2.04 bits per heavy atom. The Hall–Kier alpha value is -2.04. The molecule has 27 heavy (non-hydrogen) atoms. The Morgan fingerprint density at radius 1 is 1.26 bits per heavy atom. The Balaban J connectivity index is 1.25. The molecule has 3 aliphatic rings. The van der Waals surface area contributed by atoms with Gasteiger partial charge in [0.25, 0.3) is 5.91 Å². The van der Waals surface area contributed by atoms with E-state index >= 15 is 0 Å². The fraction of sp³-hybridized carbons (Fsp3) is 0.550. The van der Waals surface area contributed by atoms with Crippen LogP contribution < -0.4 is 0 Å². The fourth-order valence-electron chi connectivity index (χ4n) is 4.07. The average molecular weight is 385 g/mol. The Labute approximate surface area is 163 Å². The molecule has 1 aromatic carbocycles. The molecule has 0 unspecified atom stereocenters. The quantitative estimate of drug-likeness (QED) is 0.791. The predicted molar refractivity (Wildman–Crippen MR) is 102 cm³/mol. The number of rotatable bonds is 4. The summed E-state index contributed by atoms with van der Waals surface area (Å²) in [5.41, 5.74) is 1.07. The minimum absolute atomic E-state index is 0.0214. The van der Waals surface area contributed by atoms with Crippen LogP contribution in [-0.2, 0) is 9.53 Å². The number of carbonyl (C=O) groups excluding carboxylic acids is 2. The molecule has 0 saturated carbocycles. The number of thioether (sulfide) groups is 1. The first kappa shape index (κ1) is 18.3. The second-order valence-corrected chi connectivity index (χ2v) is 9.06. The maximum Gasteiger partial charge on any atom is 0.253 e. The molecule has 0 aliphatic carbocycles. The summed E-state index contributed by atoms with van der Waals surface area (Å²) in [5, 5.41) is 8.99. The van der Waals surface area contributed by atoms with Gasteiger partial charge in [-0.2, -0.15) is 5.26 Å².